The Hall–Kier alpha value is 0.380. The van der Waals surface area contributed by atoms with E-state index < -0.39 is 20.0 Å². The normalized spacial score (nSPS) is 13.8. The maximum Gasteiger partial charge on any atom is 0.332 e. The monoisotopic (exact) mass is 380 g/mol. The first-order valence-electron chi connectivity index (χ1n) is 3.25. The molecule has 0 spiro atoms. The van der Waals surface area contributed by atoms with Gasteiger partial charge in [0.05, 0.1) is 4.83 Å². The van der Waals surface area contributed by atoms with Crippen LogP contribution in [0.5, 0.6) is 0 Å². The number of carboxylic acid groups (broad SMARTS) is 2. The Morgan fingerprint density at radius 3 is 2.08 bits per heavy atom. The maximum absolute atomic E-state index is 10.6. The highest BCUT2D eigenvalue weighted by molar-refractivity contribution is 9.26. The van der Waals surface area contributed by atoms with Gasteiger partial charge in [-0.3, -0.25) is 4.79 Å². The largest absolute Gasteiger partial charge is 0.481 e. The van der Waals surface area contributed by atoms with Crippen molar-refractivity contribution in [2.75, 3.05) is 0 Å². The second-order valence-corrected chi connectivity index (χ2v) is 7.00. The van der Waals surface area contributed by atoms with E-state index in [1.165, 1.54) is 0 Å². The number of carbonyl (C=O) groups is 2. The molecule has 76 valence electrons. The molecule has 13 heavy (non-hydrogen) atoms. The minimum absolute atomic E-state index is 0.0812. The summed E-state index contributed by atoms with van der Waals surface area (Å²) in [5, 5.41) is 17.1. The van der Waals surface area contributed by atoms with Crippen LogP contribution in [0.3, 0.4) is 0 Å². The van der Waals surface area contributed by atoms with E-state index in [-0.39, 0.29) is 12.8 Å². The van der Waals surface area contributed by atoms with E-state index in [0.717, 1.165) is 0 Å². The fourth-order valence-corrected chi connectivity index (χ4v) is 1.45. The second-order valence-electron chi connectivity index (χ2n) is 2.33. The van der Waals surface area contributed by atoms with Gasteiger partial charge in [0.15, 0.2) is 3.23 Å². The van der Waals surface area contributed by atoms with Crippen LogP contribution >= 0.6 is 47.8 Å². The number of carboxylic acids is 2. The molecule has 0 heterocycles. The van der Waals surface area contributed by atoms with Crippen molar-refractivity contribution in [3.05, 3.63) is 0 Å². The molecule has 1 unspecified atom stereocenters. The van der Waals surface area contributed by atoms with Crippen LogP contribution in [0.15, 0.2) is 0 Å². The fraction of sp³-hybridized carbons (Fsp3) is 0.667. The maximum atomic E-state index is 10.6. The molecule has 0 aliphatic rings. The van der Waals surface area contributed by atoms with Gasteiger partial charge in [-0.15, -0.1) is 0 Å². The second kappa shape index (κ2) is 5.31. The minimum atomic E-state index is -1.31. The number of halogens is 3. The van der Waals surface area contributed by atoms with E-state index in [9.17, 15) is 9.59 Å². The number of alkyl halides is 3. The quantitative estimate of drug-likeness (QED) is 0.715. The van der Waals surface area contributed by atoms with Crippen LogP contribution in [0, 0.1) is 0 Å². The van der Waals surface area contributed by atoms with E-state index in [1.807, 2.05) is 0 Å². The van der Waals surface area contributed by atoms with Gasteiger partial charge < -0.3 is 10.2 Å². The predicted molar refractivity (Wildman–Crippen MR) is 57.8 cm³/mol. The Morgan fingerprint density at radius 2 is 1.77 bits per heavy atom. The Kier molecular flexibility index (Phi) is 5.46. The predicted octanol–water partition coefficient (Wildman–Crippen LogP) is 2.19. The molecule has 0 radical (unpaired) electrons. The first-order chi connectivity index (χ1) is 5.78. The van der Waals surface area contributed by atoms with Gasteiger partial charge in [0.2, 0.25) is 0 Å². The molecular formula is C6H7Br3O4. The lowest BCUT2D eigenvalue weighted by Crippen LogP contribution is -2.34. The number of hydrogen-bond acceptors (Lipinski definition) is 2. The average molecular weight is 383 g/mol. The van der Waals surface area contributed by atoms with Crippen molar-refractivity contribution in [2.24, 2.45) is 0 Å². The van der Waals surface area contributed by atoms with Gasteiger partial charge >= 0.3 is 11.9 Å². The first-order valence-corrected chi connectivity index (χ1v) is 5.75. The van der Waals surface area contributed by atoms with Crippen molar-refractivity contribution in [3.8, 4) is 0 Å². The zero-order valence-corrected chi connectivity index (χ0v) is 11.1. The highest BCUT2D eigenvalue weighted by Gasteiger charge is 2.39. The smallest absolute Gasteiger partial charge is 0.332 e. The van der Waals surface area contributed by atoms with Gasteiger partial charge in [-0.25, -0.2) is 4.79 Å². The lowest BCUT2D eigenvalue weighted by molar-refractivity contribution is -0.139. The summed E-state index contributed by atoms with van der Waals surface area (Å²) < 4.78 is -1.31. The summed E-state index contributed by atoms with van der Waals surface area (Å²) in [6, 6.07) is 0. The summed E-state index contributed by atoms with van der Waals surface area (Å²) in [4.78, 5) is 20.3. The van der Waals surface area contributed by atoms with Crippen LogP contribution in [0.2, 0.25) is 0 Å². The first kappa shape index (κ1) is 13.4. The van der Waals surface area contributed by atoms with Crippen LogP contribution < -0.4 is 0 Å². The topological polar surface area (TPSA) is 74.6 Å². The molecule has 0 aromatic heterocycles. The van der Waals surface area contributed by atoms with E-state index in [1.54, 1.807) is 0 Å². The molecule has 0 rings (SSSR count). The highest BCUT2D eigenvalue weighted by atomic mass is 79.9. The average Bonchev–Trinajstić information content (AvgIpc) is 1.99. The van der Waals surface area contributed by atoms with E-state index in [4.69, 9.17) is 10.2 Å². The number of aliphatic carboxylic acids is 2. The van der Waals surface area contributed by atoms with Crippen LogP contribution in [-0.2, 0) is 9.59 Å². The van der Waals surface area contributed by atoms with E-state index in [0.29, 0.717) is 0 Å². The van der Waals surface area contributed by atoms with Crippen LogP contribution in [0.25, 0.3) is 0 Å². The molecule has 0 saturated carbocycles. The molecular weight excluding hydrogens is 376 g/mol. The van der Waals surface area contributed by atoms with Crippen LogP contribution in [0.1, 0.15) is 12.8 Å². The lowest BCUT2D eigenvalue weighted by atomic mass is 10.2. The summed E-state index contributed by atoms with van der Waals surface area (Å²) in [6.07, 6.45) is 0.139. The van der Waals surface area contributed by atoms with Crippen molar-refractivity contribution < 1.29 is 19.8 Å². The zero-order chi connectivity index (χ0) is 10.6. The van der Waals surface area contributed by atoms with Gasteiger partial charge in [0.25, 0.3) is 0 Å². The summed E-state index contributed by atoms with van der Waals surface area (Å²) in [5.41, 5.74) is 0. The minimum Gasteiger partial charge on any atom is -0.481 e. The Balaban J connectivity index is 4.17. The molecule has 0 aromatic carbocycles. The molecule has 0 aromatic rings. The van der Waals surface area contributed by atoms with E-state index in [2.05, 4.69) is 47.8 Å². The third-order valence-electron chi connectivity index (χ3n) is 1.29. The third-order valence-corrected chi connectivity index (χ3v) is 5.45. The molecule has 0 aliphatic carbocycles. The van der Waals surface area contributed by atoms with Crippen molar-refractivity contribution in [1.82, 2.24) is 0 Å². The summed E-state index contributed by atoms with van der Waals surface area (Å²) >= 11 is 8.97. The molecule has 0 saturated heterocycles. The van der Waals surface area contributed by atoms with Gasteiger partial charge in [0, 0.05) is 6.42 Å². The lowest BCUT2D eigenvalue weighted by Gasteiger charge is -2.20. The fourth-order valence-electron chi connectivity index (χ4n) is 0.565. The number of rotatable bonds is 5. The van der Waals surface area contributed by atoms with Crippen molar-refractivity contribution in [1.29, 1.82) is 0 Å². The third kappa shape index (κ3) is 4.42. The molecule has 0 fully saturated rings. The summed E-state index contributed by atoms with van der Waals surface area (Å²) in [5.74, 6) is -2.05. The zero-order valence-electron chi connectivity index (χ0n) is 6.34. The standard InChI is InChI=1S/C6H7Br3O4/c7-3(1-2-4(10)11)6(8,9)5(12)13/h3H,1-2H2,(H,10,11)(H,12,13). The summed E-state index contributed by atoms with van der Waals surface area (Å²) in [6.45, 7) is 0. The SMILES string of the molecule is O=C(O)CCC(Br)C(Br)(Br)C(=O)O. The van der Waals surface area contributed by atoms with Gasteiger partial charge in [-0.2, -0.15) is 0 Å². The molecule has 0 bridgehead atoms. The Morgan fingerprint density at radius 1 is 1.31 bits per heavy atom. The van der Waals surface area contributed by atoms with E-state index >= 15 is 0 Å². The van der Waals surface area contributed by atoms with Crippen molar-refractivity contribution >= 4 is 59.7 Å². The van der Waals surface area contributed by atoms with Gasteiger partial charge in [-0.1, -0.05) is 47.8 Å². The molecule has 2 N–H and O–H groups in total. The van der Waals surface area contributed by atoms with Crippen LogP contribution in [-0.4, -0.2) is 30.2 Å². The molecule has 0 aliphatic heterocycles. The highest BCUT2D eigenvalue weighted by Crippen LogP contribution is 2.37. The van der Waals surface area contributed by atoms with Gasteiger partial charge in [0.1, 0.15) is 0 Å². The number of hydrogen-bond donors (Lipinski definition) is 2. The van der Waals surface area contributed by atoms with Gasteiger partial charge in [-0.05, 0) is 6.42 Å². The molecule has 7 heteroatoms. The molecule has 1 atom stereocenters. The Labute approximate surface area is 100 Å². The van der Waals surface area contributed by atoms with Crippen LogP contribution in [0.4, 0.5) is 0 Å². The summed E-state index contributed by atoms with van der Waals surface area (Å²) in [7, 11) is 0. The Bertz CT molecular complexity index is 216. The van der Waals surface area contributed by atoms with Crippen molar-refractivity contribution in [3.63, 3.8) is 0 Å². The van der Waals surface area contributed by atoms with Crippen molar-refractivity contribution in [2.45, 2.75) is 20.9 Å². The molecule has 0 amide bonds. The molecule has 4 nitrogen and oxygen atoms in total.